The van der Waals surface area contributed by atoms with Crippen LogP contribution in [0.1, 0.15) is 19.0 Å². The fraction of sp³-hybridized carbons (Fsp3) is 0.636. The highest BCUT2D eigenvalue weighted by Crippen LogP contribution is 2.37. The van der Waals surface area contributed by atoms with Crippen LogP contribution in [-0.2, 0) is 5.60 Å². The molecule has 0 radical (unpaired) electrons. The molecule has 1 saturated heterocycles. The molecule has 1 fully saturated rings. The molecule has 2 unspecified atom stereocenters. The molecule has 2 rings (SSSR count). The molecule has 5 nitrogen and oxygen atoms in total. The standard InChI is InChI=1S/C11H17N3O2/c1-8-7-12-4-3-11(8,15)9-10(16-2)14-6-5-13-9/h5-6,8,12,15H,3-4,7H2,1-2H3. The lowest BCUT2D eigenvalue weighted by molar-refractivity contribution is -0.0451. The molecule has 0 saturated carbocycles. The van der Waals surface area contributed by atoms with Crippen LogP contribution in [0.3, 0.4) is 0 Å². The third-order valence-corrected chi connectivity index (χ3v) is 3.22. The van der Waals surface area contributed by atoms with E-state index in [-0.39, 0.29) is 5.92 Å². The number of hydrogen-bond donors (Lipinski definition) is 2. The summed E-state index contributed by atoms with van der Waals surface area (Å²) in [5, 5.41) is 13.9. The zero-order chi connectivity index (χ0) is 11.6. The van der Waals surface area contributed by atoms with E-state index in [0.29, 0.717) is 18.0 Å². The van der Waals surface area contributed by atoms with Crippen LogP contribution in [0.25, 0.3) is 0 Å². The van der Waals surface area contributed by atoms with Crippen molar-refractivity contribution in [2.24, 2.45) is 5.92 Å². The highest BCUT2D eigenvalue weighted by molar-refractivity contribution is 5.26. The molecule has 2 atom stereocenters. The molecule has 2 heterocycles. The van der Waals surface area contributed by atoms with Crippen molar-refractivity contribution in [2.45, 2.75) is 18.9 Å². The normalized spacial score (nSPS) is 30.1. The van der Waals surface area contributed by atoms with Crippen LogP contribution < -0.4 is 10.1 Å². The first-order valence-corrected chi connectivity index (χ1v) is 5.47. The number of piperidine rings is 1. The second-order valence-corrected chi connectivity index (χ2v) is 4.19. The molecular weight excluding hydrogens is 206 g/mol. The minimum Gasteiger partial charge on any atom is -0.480 e. The highest BCUT2D eigenvalue weighted by Gasteiger charge is 2.41. The highest BCUT2D eigenvalue weighted by atomic mass is 16.5. The largest absolute Gasteiger partial charge is 0.480 e. The number of nitrogens with one attached hydrogen (secondary N) is 1. The van der Waals surface area contributed by atoms with E-state index in [1.165, 1.54) is 0 Å². The average Bonchev–Trinajstić information content (AvgIpc) is 2.33. The van der Waals surface area contributed by atoms with Crippen molar-refractivity contribution in [3.8, 4) is 5.88 Å². The summed E-state index contributed by atoms with van der Waals surface area (Å²) in [7, 11) is 1.54. The van der Waals surface area contributed by atoms with Gasteiger partial charge in [-0.15, -0.1) is 0 Å². The smallest absolute Gasteiger partial charge is 0.238 e. The van der Waals surface area contributed by atoms with Crippen molar-refractivity contribution < 1.29 is 9.84 Å². The summed E-state index contributed by atoms with van der Waals surface area (Å²) in [5.74, 6) is 0.505. The number of aromatic nitrogens is 2. The second kappa shape index (κ2) is 4.35. The Kier molecular flexibility index (Phi) is 3.07. The molecule has 1 aliphatic heterocycles. The second-order valence-electron chi connectivity index (χ2n) is 4.19. The summed E-state index contributed by atoms with van der Waals surface area (Å²) in [4.78, 5) is 8.32. The van der Waals surface area contributed by atoms with E-state index in [2.05, 4.69) is 15.3 Å². The molecule has 0 amide bonds. The summed E-state index contributed by atoms with van der Waals surface area (Å²) < 4.78 is 5.16. The zero-order valence-corrected chi connectivity index (χ0v) is 9.60. The predicted octanol–water partition coefficient (Wildman–Crippen LogP) is 0.302. The van der Waals surface area contributed by atoms with Crippen LogP contribution in [0.2, 0.25) is 0 Å². The van der Waals surface area contributed by atoms with Gasteiger partial charge in [0.15, 0.2) is 0 Å². The monoisotopic (exact) mass is 223 g/mol. The summed E-state index contributed by atoms with van der Waals surface area (Å²) in [6.07, 6.45) is 3.78. The minimum absolute atomic E-state index is 0.0897. The lowest BCUT2D eigenvalue weighted by atomic mass is 9.80. The van der Waals surface area contributed by atoms with Gasteiger partial charge in [-0.25, -0.2) is 4.98 Å². The molecule has 0 bridgehead atoms. The molecule has 0 aromatic carbocycles. The van der Waals surface area contributed by atoms with Gasteiger partial charge in [0.05, 0.1) is 7.11 Å². The maximum atomic E-state index is 10.7. The Balaban J connectivity index is 2.40. The fourth-order valence-corrected chi connectivity index (χ4v) is 2.14. The number of rotatable bonds is 2. The van der Waals surface area contributed by atoms with Gasteiger partial charge in [-0.1, -0.05) is 6.92 Å². The topological polar surface area (TPSA) is 67.3 Å². The number of aliphatic hydroxyl groups is 1. The summed E-state index contributed by atoms with van der Waals surface area (Å²) in [5.41, 5.74) is -0.392. The van der Waals surface area contributed by atoms with Crippen LogP contribution in [0.15, 0.2) is 12.4 Å². The first-order valence-electron chi connectivity index (χ1n) is 5.47. The number of hydrogen-bond acceptors (Lipinski definition) is 5. The van der Waals surface area contributed by atoms with E-state index >= 15 is 0 Å². The van der Waals surface area contributed by atoms with Gasteiger partial charge in [0.1, 0.15) is 11.3 Å². The van der Waals surface area contributed by atoms with Gasteiger partial charge in [0, 0.05) is 24.9 Å². The molecule has 16 heavy (non-hydrogen) atoms. The van der Waals surface area contributed by atoms with Gasteiger partial charge in [-0.05, 0) is 13.0 Å². The Labute approximate surface area is 94.9 Å². The molecule has 0 spiro atoms. The van der Waals surface area contributed by atoms with Crippen molar-refractivity contribution in [1.82, 2.24) is 15.3 Å². The summed E-state index contributed by atoms with van der Waals surface area (Å²) >= 11 is 0. The summed E-state index contributed by atoms with van der Waals surface area (Å²) in [6.45, 7) is 3.55. The molecule has 1 aliphatic rings. The van der Waals surface area contributed by atoms with Gasteiger partial charge >= 0.3 is 0 Å². The quantitative estimate of drug-likeness (QED) is 0.755. The van der Waals surface area contributed by atoms with Crippen molar-refractivity contribution in [2.75, 3.05) is 20.2 Å². The molecule has 2 N–H and O–H groups in total. The summed E-state index contributed by atoms with van der Waals surface area (Å²) in [6, 6.07) is 0. The van der Waals surface area contributed by atoms with Crippen molar-refractivity contribution >= 4 is 0 Å². The Bertz CT molecular complexity index is 372. The van der Waals surface area contributed by atoms with E-state index in [1.807, 2.05) is 6.92 Å². The Hall–Kier alpha value is -1.20. The maximum Gasteiger partial charge on any atom is 0.238 e. The van der Waals surface area contributed by atoms with E-state index in [4.69, 9.17) is 4.74 Å². The van der Waals surface area contributed by atoms with Crippen molar-refractivity contribution in [3.05, 3.63) is 18.1 Å². The van der Waals surface area contributed by atoms with Crippen molar-refractivity contribution in [1.29, 1.82) is 0 Å². The number of methoxy groups -OCH3 is 1. The molecule has 0 aliphatic carbocycles. The first kappa shape index (κ1) is 11.3. The van der Waals surface area contributed by atoms with Gasteiger partial charge in [-0.2, -0.15) is 0 Å². The lowest BCUT2D eigenvalue weighted by Gasteiger charge is -2.38. The minimum atomic E-state index is -0.940. The Morgan fingerprint density at radius 2 is 2.25 bits per heavy atom. The lowest BCUT2D eigenvalue weighted by Crippen LogP contribution is -2.47. The zero-order valence-electron chi connectivity index (χ0n) is 9.60. The Morgan fingerprint density at radius 1 is 1.50 bits per heavy atom. The third-order valence-electron chi connectivity index (χ3n) is 3.22. The van der Waals surface area contributed by atoms with E-state index in [9.17, 15) is 5.11 Å². The van der Waals surface area contributed by atoms with E-state index in [1.54, 1.807) is 19.5 Å². The van der Waals surface area contributed by atoms with Gasteiger partial charge in [-0.3, -0.25) is 4.98 Å². The molecule has 1 aromatic rings. The van der Waals surface area contributed by atoms with Crippen LogP contribution in [0, 0.1) is 5.92 Å². The van der Waals surface area contributed by atoms with Crippen molar-refractivity contribution in [3.63, 3.8) is 0 Å². The van der Waals surface area contributed by atoms with Crippen LogP contribution in [0.4, 0.5) is 0 Å². The van der Waals surface area contributed by atoms with Gasteiger partial charge < -0.3 is 15.2 Å². The third kappa shape index (κ3) is 1.76. The van der Waals surface area contributed by atoms with Gasteiger partial charge in [0.25, 0.3) is 0 Å². The molecule has 5 heteroatoms. The fourth-order valence-electron chi connectivity index (χ4n) is 2.14. The van der Waals surface area contributed by atoms with E-state index in [0.717, 1.165) is 13.1 Å². The number of ether oxygens (including phenoxy) is 1. The molecule has 88 valence electrons. The number of nitrogens with zero attached hydrogens (tertiary/aromatic N) is 2. The molecular formula is C11H17N3O2. The van der Waals surface area contributed by atoms with Crippen LogP contribution in [-0.4, -0.2) is 35.3 Å². The van der Waals surface area contributed by atoms with Crippen LogP contribution in [0.5, 0.6) is 5.88 Å². The average molecular weight is 223 g/mol. The SMILES string of the molecule is COc1nccnc1C1(O)CCNCC1C. The predicted molar refractivity (Wildman–Crippen MR) is 59.1 cm³/mol. The van der Waals surface area contributed by atoms with E-state index < -0.39 is 5.60 Å². The molecule has 1 aromatic heterocycles. The first-order chi connectivity index (χ1) is 7.68. The van der Waals surface area contributed by atoms with Gasteiger partial charge in [0.2, 0.25) is 5.88 Å². The van der Waals surface area contributed by atoms with Crippen LogP contribution >= 0.6 is 0 Å². The Morgan fingerprint density at radius 3 is 2.94 bits per heavy atom. The maximum absolute atomic E-state index is 10.7.